The highest BCUT2D eigenvalue weighted by atomic mass is 19.1. The van der Waals surface area contributed by atoms with Gasteiger partial charge in [-0.15, -0.1) is 0 Å². The molecule has 1 aromatic heterocycles. The summed E-state index contributed by atoms with van der Waals surface area (Å²) in [7, 11) is 2.77. The third-order valence-electron chi connectivity index (χ3n) is 5.14. The van der Waals surface area contributed by atoms with E-state index in [1.807, 2.05) is 0 Å². The second-order valence-electron chi connectivity index (χ2n) is 7.09. The number of carbonyl (C=O) groups excluding carboxylic acids is 2. The fraction of sp³-hybridized carbons (Fsp3) is 0.227. The van der Waals surface area contributed by atoms with Gasteiger partial charge in [-0.05, 0) is 48.7 Å². The quantitative estimate of drug-likeness (QED) is 0.610. The number of H-pyrrole nitrogens is 1. The Hall–Kier alpha value is -3.68. The molecule has 2 N–H and O–H groups in total. The van der Waals surface area contributed by atoms with Crippen molar-refractivity contribution in [3.8, 4) is 5.75 Å². The maximum absolute atomic E-state index is 13.1. The molecule has 1 aliphatic rings. The minimum atomic E-state index is -0.965. The van der Waals surface area contributed by atoms with E-state index in [-0.39, 0.29) is 11.4 Å². The Morgan fingerprint density at radius 2 is 1.87 bits per heavy atom. The summed E-state index contributed by atoms with van der Waals surface area (Å²) in [6.45, 7) is 0. The fourth-order valence-corrected chi connectivity index (χ4v) is 3.35. The molecule has 0 aliphatic heterocycles. The van der Waals surface area contributed by atoms with Gasteiger partial charge in [0.2, 0.25) is 0 Å². The zero-order chi connectivity index (χ0) is 21.3. The molecule has 0 radical (unpaired) electrons. The van der Waals surface area contributed by atoms with E-state index in [0.29, 0.717) is 35.2 Å². The van der Waals surface area contributed by atoms with Crippen LogP contribution >= 0.6 is 0 Å². The molecular weight excluding hydrogens is 389 g/mol. The average Bonchev–Trinajstić information content (AvgIpc) is 3.42. The number of nitrogens with zero attached hydrogens (tertiary/aromatic N) is 1. The van der Waals surface area contributed by atoms with Gasteiger partial charge in [0.05, 0.1) is 36.4 Å². The van der Waals surface area contributed by atoms with Crippen molar-refractivity contribution in [2.75, 3.05) is 14.2 Å². The number of hydrogen-bond acceptors (Lipinski definition) is 5. The Labute approximate surface area is 171 Å². The van der Waals surface area contributed by atoms with Crippen LogP contribution in [-0.2, 0) is 9.53 Å². The maximum atomic E-state index is 13.1. The van der Waals surface area contributed by atoms with Crippen LogP contribution < -0.4 is 10.1 Å². The SMILES string of the molecule is COC(=O)C1(NC(=O)c2ccc3[nH]nc(C=Cc4ccc(F)cc4)c3c2OC)CC1. The van der Waals surface area contributed by atoms with Crippen LogP contribution in [-0.4, -0.2) is 41.8 Å². The predicted octanol–water partition coefficient (Wildman–Crippen LogP) is 3.32. The highest BCUT2D eigenvalue weighted by Crippen LogP contribution is 2.38. The van der Waals surface area contributed by atoms with E-state index in [1.165, 1.54) is 26.4 Å². The van der Waals surface area contributed by atoms with Gasteiger partial charge < -0.3 is 14.8 Å². The largest absolute Gasteiger partial charge is 0.495 e. The number of methoxy groups -OCH3 is 2. The first-order valence-corrected chi connectivity index (χ1v) is 9.37. The Bertz CT molecular complexity index is 1150. The minimum Gasteiger partial charge on any atom is -0.495 e. The number of benzene rings is 2. The predicted molar refractivity (Wildman–Crippen MR) is 109 cm³/mol. The summed E-state index contributed by atoms with van der Waals surface area (Å²) in [6.07, 6.45) is 4.62. The minimum absolute atomic E-state index is 0.290. The Morgan fingerprint density at radius 3 is 2.50 bits per heavy atom. The molecule has 0 spiro atoms. The number of carbonyl (C=O) groups is 2. The molecule has 8 heteroatoms. The number of aromatic nitrogens is 2. The zero-order valence-electron chi connectivity index (χ0n) is 16.5. The van der Waals surface area contributed by atoms with Crippen LogP contribution in [0.5, 0.6) is 5.75 Å². The van der Waals surface area contributed by atoms with Crippen LogP contribution in [0.2, 0.25) is 0 Å². The van der Waals surface area contributed by atoms with E-state index < -0.39 is 17.4 Å². The molecule has 1 heterocycles. The smallest absolute Gasteiger partial charge is 0.331 e. The molecular formula is C22H20FN3O4. The second kappa shape index (κ2) is 7.62. The summed E-state index contributed by atoms with van der Waals surface area (Å²) < 4.78 is 23.4. The van der Waals surface area contributed by atoms with Crippen LogP contribution in [0.15, 0.2) is 36.4 Å². The van der Waals surface area contributed by atoms with Gasteiger partial charge in [-0.25, -0.2) is 9.18 Å². The number of nitrogens with one attached hydrogen (secondary N) is 2. The van der Waals surface area contributed by atoms with Gasteiger partial charge in [0, 0.05) is 0 Å². The number of fused-ring (bicyclic) bond motifs is 1. The molecule has 30 heavy (non-hydrogen) atoms. The molecule has 4 rings (SSSR count). The molecule has 0 unspecified atom stereocenters. The number of rotatable bonds is 6. The first-order chi connectivity index (χ1) is 14.5. The van der Waals surface area contributed by atoms with E-state index in [2.05, 4.69) is 15.5 Å². The molecule has 0 bridgehead atoms. The van der Waals surface area contributed by atoms with Gasteiger partial charge in [-0.3, -0.25) is 9.89 Å². The number of ether oxygens (including phenoxy) is 2. The molecule has 0 saturated heterocycles. The van der Waals surface area contributed by atoms with E-state index in [9.17, 15) is 14.0 Å². The summed E-state index contributed by atoms with van der Waals surface area (Å²) in [5.41, 5.74) is 1.38. The number of esters is 1. The van der Waals surface area contributed by atoms with Gasteiger partial charge in [-0.1, -0.05) is 18.2 Å². The van der Waals surface area contributed by atoms with Gasteiger partial charge in [-0.2, -0.15) is 5.10 Å². The van der Waals surface area contributed by atoms with E-state index in [4.69, 9.17) is 9.47 Å². The third-order valence-corrected chi connectivity index (χ3v) is 5.14. The Morgan fingerprint density at radius 1 is 1.13 bits per heavy atom. The Balaban J connectivity index is 1.69. The summed E-state index contributed by atoms with van der Waals surface area (Å²) in [5.74, 6) is -0.846. The fourth-order valence-electron chi connectivity index (χ4n) is 3.35. The summed E-state index contributed by atoms with van der Waals surface area (Å²) in [4.78, 5) is 24.9. The molecule has 2 aromatic carbocycles. The second-order valence-corrected chi connectivity index (χ2v) is 7.09. The van der Waals surface area contributed by atoms with Crippen LogP contribution in [0, 0.1) is 5.82 Å². The lowest BCUT2D eigenvalue weighted by molar-refractivity contribution is -0.144. The standard InChI is InChI=1S/C22H20FN3O4/c1-29-19-15(20(27)24-22(11-12-22)21(28)30-2)8-10-17-18(19)16(25-26-17)9-5-13-3-6-14(23)7-4-13/h3-10H,11-12H2,1-2H3,(H,24,27)(H,25,26). The molecule has 7 nitrogen and oxygen atoms in total. The van der Waals surface area contributed by atoms with Crippen molar-refractivity contribution in [3.63, 3.8) is 0 Å². The van der Waals surface area contributed by atoms with Crippen molar-refractivity contribution < 1.29 is 23.5 Å². The summed E-state index contributed by atoms with van der Waals surface area (Å²) >= 11 is 0. The van der Waals surface area contributed by atoms with Gasteiger partial charge >= 0.3 is 5.97 Å². The normalized spacial score (nSPS) is 14.6. The summed E-state index contributed by atoms with van der Waals surface area (Å²) in [6, 6.07) is 9.40. The van der Waals surface area contributed by atoms with Gasteiger partial charge in [0.25, 0.3) is 5.91 Å². The van der Waals surface area contributed by atoms with Crippen molar-refractivity contribution in [1.29, 1.82) is 0 Å². The average molecular weight is 409 g/mol. The molecule has 1 aliphatic carbocycles. The molecule has 1 amide bonds. The van der Waals surface area contributed by atoms with Crippen LogP contribution in [0.3, 0.4) is 0 Å². The highest BCUT2D eigenvalue weighted by Gasteiger charge is 2.52. The molecule has 154 valence electrons. The highest BCUT2D eigenvalue weighted by molar-refractivity contribution is 6.07. The van der Waals surface area contributed by atoms with Gasteiger partial charge in [0.15, 0.2) is 0 Å². The van der Waals surface area contributed by atoms with Gasteiger partial charge in [0.1, 0.15) is 17.1 Å². The van der Waals surface area contributed by atoms with E-state index >= 15 is 0 Å². The van der Waals surface area contributed by atoms with Crippen molar-refractivity contribution in [3.05, 3.63) is 59.0 Å². The number of aromatic amines is 1. The Kier molecular flexibility index (Phi) is 4.99. The number of hydrogen-bond donors (Lipinski definition) is 2. The van der Waals surface area contributed by atoms with Crippen molar-refractivity contribution in [1.82, 2.24) is 15.5 Å². The van der Waals surface area contributed by atoms with Crippen molar-refractivity contribution >= 4 is 34.9 Å². The molecule has 3 aromatic rings. The first kappa shape index (κ1) is 19.6. The topological polar surface area (TPSA) is 93.3 Å². The van der Waals surface area contributed by atoms with E-state index in [0.717, 1.165) is 5.56 Å². The van der Waals surface area contributed by atoms with Crippen molar-refractivity contribution in [2.24, 2.45) is 0 Å². The molecule has 1 fully saturated rings. The maximum Gasteiger partial charge on any atom is 0.331 e. The monoisotopic (exact) mass is 409 g/mol. The van der Waals surface area contributed by atoms with Crippen LogP contribution in [0.25, 0.3) is 23.1 Å². The molecule has 0 atom stereocenters. The lowest BCUT2D eigenvalue weighted by atomic mass is 10.1. The first-order valence-electron chi connectivity index (χ1n) is 9.37. The van der Waals surface area contributed by atoms with Crippen LogP contribution in [0.4, 0.5) is 4.39 Å². The number of amides is 1. The van der Waals surface area contributed by atoms with E-state index in [1.54, 1.807) is 36.4 Å². The summed E-state index contributed by atoms with van der Waals surface area (Å²) in [5, 5.41) is 10.6. The molecule has 1 saturated carbocycles. The lowest BCUT2D eigenvalue weighted by Gasteiger charge is -2.16. The van der Waals surface area contributed by atoms with Crippen LogP contribution in [0.1, 0.15) is 34.5 Å². The zero-order valence-corrected chi connectivity index (χ0v) is 16.5. The lowest BCUT2D eigenvalue weighted by Crippen LogP contribution is -2.43. The third kappa shape index (κ3) is 3.52. The number of halogens is 1. The van der Waals surface area contributed by atoms with Crippen molar-refractivity contribution in [2.45, 2.75) is 18.4 Å².